The Hall–Kier alpha value is -2.77. The van der Waals surface area contributed by atoms with Crippen LogP contribution >= 0.6 is 0 Å². The highest BCUT2D eigenvalue weighted by Gasteiger charge is 2.34. The lowest BCUT2D eigenvalue weighted by Crippen LogP contribution is -2.59. The van der Waals surface area contributed by atoms with Crippen LogP contribution in [0.25, 0.3) is 5.52 Å². The second-order valence-electron chi connectivity index (χ2n) is 8.64. The third-order valence-electron chi connectivity index (χ3n) is 5.79. The number of fused-ring (bicyclic) bond motifs is 1. The van der Waals surface area contributed by atoms with E-state index in [2.05, 4.69) is 49.0 Å². The molecule has 0 radical (unpaired) electrons. The number of piperazine rings is 1. The number of nitrogens with zero attached hydrogens (tertiary/aromatic N) is 4. The van der Waals surface area contributed by atoms with Gasteiger partial charge in [-0.1, -0.05) is 12.1 Å². The molecular weight excluding hydrogens is 376 g/mol. The zero-order chi connectivity index (χ0) is 21.3. The number of aromatic nitrogens is 3. The van der Waals surface area contributed by atoms with Gasteiger partial charge in [0.15, 0.2) is 0 Å². The molecule has 0 unspecified atom stereocenters. The first-order valence-corrected chi connectivity index (χ1v) is 10.5. The summed E-state index contributed by atoms with van der Waals surface area (Å²) in [6, 6.07) is 7.93. The Bertz CT molecular complexity index is 1040. The van der Waals surface area contributed by atoms with Gasteiger partial charge in [0.1, 0.15) is 11.9 Å². The Balaban J connectivity index is 1.52. The van der Waals surface area contributed by atoms with E-state index in [0.29, 0.717) is 13.1 Å². The second kappa shape index (κ2) is 8.16. The van der Waals surface area contributed by atoms with Gasteiger partial charge in [-0.05, 0) is 51.0 Å². The third kappa shape index (κ3) is 4.08. The molecule has 0 saturated carbocycles. The van der Waals surface area contributed by atoms with Gasteiger partial charge in [-0.3, -0.25) is 14.7 Å². The highest BCUT2D eigenvalue weighted by Crippen LogP contribution is 2.23. The first-order valence-electron chi connectivity index (χ1n) is 10.5. The molecule has 1 amide bonds. The van der Waals surface area contributed by atoms with E-state index in [1.54, 1.807) is 0 Å². The van der Waals surface area contributed by atoms with Crippen LogP contribution < -0.4 is 10.6 Å². The van der Waals surface area contributed by atoms with Crippen molar-refractivity contribution >= 4 is 11.4 Å². The van der Waals surface area contributed by atoms with Crippen molar-refractivity contribution in [2.45, 2.75) is 45.8 Å². The van der Waals surface area contributed by atoms with Gasteiger partial charge in [-0.15, -0.1) is 0 Å². The predicted molar refractivity (Wildman–Crippen MR) is 117 cm³/mol. The molecule has 4 rings (SSSR count). The Morgan fingerprint density at radius 1 is 1.23 bits per heavy atom. The fraction of sp³-hybridized carbons (Fsp3) is 0.435. The number of nitrogens with one attached hydrogen (secondary N) is 2. The first-order chi connectivity index (χ1) is 14.3. The van der Waals surface area contributed by atoms with Crippen molar-refractivity contribution < 1.29 is 4.79 Å². The van der Waals surface area contributed by atoms with Crippen LogP contribution in [0.4, 0.5) is 0 Å². The van der Waals surface area contributed by atoms with Crippen LogP contribution in [0.15, 0.2) is 42.9 Å². The lowest BCUT2D eigenvalue weighted by Gasteiger charge is -2.37. The van der Waals surface area contributed by atoms with Crippen LogP contribution in [-0.2, 0) is 16.9 Å². The summed E-state index contributed by atoms with van der Waals surface area (Å²) in [6.07, 6.45) is 5.77. The minimum Gasteiger partial charge on any atom is -0.343 e. The number of hydrogen-bond donors (Lipinski definition) is 2. The Labute approximate surface area is 177 Å². The quantitative estimate of drug-likeness (QED) is 0.679. The largest absolute Gasteiger partial charge is 0.343 e. The topological polar surface area (TPSA) is 74.6 Å². The van der Waals surface area contributed by atoms with Crippen LogP contribution in [0.2, 0.25) is 0 Å². The number of imidazole rings is 1. The van der Waals surface area contributed by atoms with Crippen LogP contribution in [0, 0.1) is 13.8 Å². The van der Waals surface area contributed by atoms with E-state index >= 15 is 0 Å². The summed E-state index contributed by atoms with van der Waals surface area (Å²) in [5.74, 6) is 0.837. The lowest BCUT2D eigenvalue weighted by atomic mass is 10.0. The molecule has 0 aliphatic carbocycles. The van der Waals surface area contributed by atoms with Crippen molar-refractivity contribution in [1.82, 2.24) is 29.9 Å². The van der Waals surface area contributed by atoms with E-state index in [-0.39, 0.29) is 11.9 Å². The summed E-state index contributed by atoms with van der Waals surface area (Å²) in [4.78, 5) is 24.6. The molecule has 0 aromatic carbocycles. The molecule has 7 heteroatoms. The summed E-state index contributed by atoms with van der Waals surface area (Å²) in [7, 11) is 0. The van der Waals surface area contributed by atoms with E-state index in [1.807, 2.05) is 51.5 Å². The summed E-state index contributed by atoms with van der Waals surface area (Å²) in [5.41, 5.74) is 3.73. The maximum Gasteiger partial charge on any atom is 0.239 e. The highest BCUT2D eigenvalue weighted by atomic mass is 16.2. The van der Waals surface area contributed by atoms with Crippen molar-refractivity contribution in [3.63, 3.8) is 0 Å². The zero-order valence-corrected chi connectivity index (χ0v) is 18.1. The molecule has 1 aliphatic rings. The van der Waals surface area contributed by atoms with Gasteiger partial charge in [-0.2, -0.15) is 0 Å². The van der Waals surface area contributed by atoms with Gasteiger partial charge < -0.3 is 15.0 Å². The molecule has 158 valence electrons. The first kappa shape index (κ1) is 20.5. The van der Waals surface area contributed by atoms with Crippen molar-refractivity contribution in [2.24, 2.45) is 0 Å². The zero-order valence-electron chi connectivity index (χ0n) is 18.1. The molecule has 0 bridgehead atoms. The van der Waals surface area contributed by atoms with Gasteiger partial charge in [0.25, 0.3) is 0 Å². The van der Waals surface area contributed by atoms with Gasteiger partial charge in [0.2, 0.25) is 5.91 Å². The molecule has 2 N–H and O–H groups in total. The van der Waals surface area contributed by atoms with E-state index < -0.39 is 5.54 Å². The maximum atomic E-state index is 13.3. The van der Waals surface area contributed by atoms with Crippen LogP contribution in [0.1, 0.15) is 36.5 Å². The summed E-state index contributed by atoms with van der Waals surface area (Å²) >= 11 is 0. The van der Waals surface area contributed by atoms with E-state index in [9.17, 15) is 4.79 Å². The number of rotatable bonds is 5. The third-order valence-corrected chi connectivity index (χ3v) is 5.79. The number of amides is 1. The van der Waals surface area contributed by atoms with E-state index in [4.69, 9.17) is 0 Å². The normalized spacial score (nSPS) is 17.9. The smallest absolute Gasteiger partial charge is 0.239 e. The Morgan fingerprint density at radius 3 is 2.83 bits per heavy atom. The predicted octanol–water partition coefficient (Wildman–Crippen LogP) is 2.17. The van der Waals surface area contributed by atoms with Crippen LogP contribution in [0.3, 0.4) is 0 Å². The summed E-state index contributed by atoms with van der Waals surface area (Å²) in [6.45, 7) is 11.1. The highest BCUT2D eigenvalue weighted by molar-refractivity contribution is 5.83. The molecule has 3 aromatic heterocycles. The van der Waals surface area contributed by atoms with E-state index in [1.165, 1.54) is 0 Å². The molecular formula is C23H30N6O. The van der Waals surface area contributed by atoms with E-state index in [0.717, 1.165) is 41.3 Å². The van der Waals surface area contributed by atoms with Gasteiger partial charge in [-0.25, -0.2) is 4.98 Å². The molecule has 30 heavy (non-hydrogen) atoms. The Morgan fingerprint density at radius 2 is 2.07 bits per heavy atom. The van der Waals surface area contributed by atoms with Gasteiger partial charge in [0, 0.05) is 44.3 Å². The SMILES string of the molecule is Cc1ccc(CN2CCNC[C@H]2C(=O)NC(C)(C)c2ncc3c(C)cccn23)cn1. The van der Waals surface area contributed by atoms with Gasteiger partial charge >= 0.3 is 0 Å². The maximum absolute atomic E-state index is 13.3. The van der Waals surface area contributed by atoms with Crippen molar-refractivity contribution in [3.8, 4) is 0 Å². The number of carbonyl (C=O) groups excluding carboxylic acids is 1. The molecule has 7 nitrogen and oxygen atoms in total. The minimum atomic E-state index is -0.605. The Kier molecular flexibility index (Phi) is 5.58. The fourth-order valence-corrected chi connectivity index (χ4v) is 4.09. The number of aryl methyl sites for hydroxylation is 2. The molecule has 1 fully saturated rings. The fourth-order valence-electron chi connectivity index (χ4n) is 4.09. The van der Waals surface area contributed by atoms with Crippen molar-refractivity contribution in [3.05, 3.63) is 65.5 Å². The minimum absolute atomic E-state index is 0.0108. The van der Waals surface area contributed by atoms with Crippen molar-refractivity contribution in [1.29, 1.82) is 0 Å². The average Bonchev–Trinajstić information content (AvgIpc) is 3.16. The number of hydrogen-bond acceptors (Lipinski definition) is 5. The molecule has 3 aromatic rings. The second-order valence-corrected chi connectivity index (χ2v) is 8.64. The lowest BCUT2D eigenvalue weighted by molar-refractivity contribution is -0.129. The molecule has 1 aliphatic heterocycles. The monoisotopic (exact) mass is 406 g/mol. The van der Waals surface area contributed by atoms with Crippen molar-refractivity contribution in [2.75, 3.05) is 19.6 Å². The van der Waals surface area contributed by atoms with Crippen LogP contribution in [-0.4, -0.2) is 50.9 Å². The summed E-state index contributed by atoms with van der Waals surface area (Å²) < 4.78 is 2.06. The average molecular weight is 407 g/mol. The summed E-state index contributed by atoms with van der Waals surface area (Å²) in [5, 5.41) is 6.60. The molecule has 1 saturated heterocycles. The number of carbonyl (C=O) groups is 1. The standard InChI is InChI=1S/C23H30N6O/c1-16-6-5-10-29-19(16)14-26-22(29)23(3,4)27-21(30)20-13-24-9-11-28(20)15-18-8-7-17(2)25-12-18/h5-8,10,12,14,20,24H,9,11,13,15H2,1-4H3,(H,27,30)/t20-/m0/s1. The van der Waals surface area contributed by atoms with Crippen LogP contribution in [0.5, 0.6) is 0 Å². The molecule has 1 atom stereocenters. The molecule has 4 heterocycles. The molecule has 0 spiro atoms. The number of pyridine rings is 2. The van der Waals surface area contributed by atoms with Gasteiger partial charge in [0.05, 0.1) is 17.3 Å².